The largest absolute Gasteiger partial charge is 0.479 e. The molecule has 1 atom stereocenters. The Morgan fingerprint density at radius 1 is 1.21 bits per heavy atom. The number of carbonyl (C=O) groups is 1. The fourth-order valence-electron chi connectivity index (χ4n) is 3.02. The minimum atomic E-state index is -4.74. The predicted molar refractivity (Wildman–Crippen MR) is 120 cm³/mol. The van der Waals surface area contributed by atoms with Crippen LogP contribution in [0, 0.1) is 19.7 Å². The molecule has 1 N–H and O–H groups in total. The Kier molecular flexibility index (Phi) is 7.69. The first-order valence-electron chi connectivity index (χ1n) is 9.96. The smallest absolute Gasteiger partial charge is 0.419 e. The molecule has 0 radical (unpaired) electrons. The third kappa shape index (κ3) is 6.05. The maximum atomic E-state index is 13.9. The lowest BCUT2D eigenvalue weighted by Crippen LogP contribution is -2.26. The SMILES string of the molecule is CCC(Oc1ccc(SCc2sc(-c3ccc(C(F)(F)F)c(F)c3)nc2C)cc1C)C(=O)O. The van der Waals surface area contributed by atoms with E-state index in [0.29, 0.717) is 28.5 Å². The summed E-state index contributed by atoms with van der Waals surface area (Å²) >= 11 is 2.84. The third-order valence-electron chi connectivity index (χ3n) is 4.85. The van der Waals surface area contributed by atoms with Crippen molar-refractivity contribution in [3.05, 3.63) is 63.9 Å². The highest BCUT2D eigenvalue weighted by Crippen LogP contribution is 2.37. The summed E-state index contributed by atoms with van der Waals surface area (Å²) in [5, 5.41) is 9.61. The lowest BCUT2D eigenvalue weighted by atomic mass is 10.1. The number of aromatic nitrogens is 1. The molecular weight excluding hydrogens is 478 g/mol. The number of rotatable bonds is 8. The molecule has 0 spiro atoms. The van der Waals surface area contributed by atoms with Gasteiger partial charge in [0.05, 0.1) is 11.3 Å². The highest BCUT2D eigenvalue weighted by Gasteiger charge is 2.34. The Hall–Kier alpha value is -2.59. The Balaban J connectivity index is 1.71. The van der Waals surface area contributed by atoms with Crippen molar-refractivity contribution in [2.75, 3.05) is 0 Å². The van der Waals surface area contributed by atoms with E-state index in [9.17, 15) is 22.4 Å². The number of aryl methyl sites for hydroxylation is 2. The average Bonchev–Trinajstić information content (AvgIpc) is 3.11. The molecule has 176 valence electrons. The maximum absolute atomic E-state index is 13.9. The number of halogens is 4. The summed E-state index contributed by atoms with van der Waals surface area (Å²) in [7, 11) is 0. The summed E-state index contributed by atoms with van der Waals surface area (Å²) in [5.41, 5.74) is 0.534. The lowest BCUT2D eigenvalue weighted by Gasteiger charge is -2.15. The molecule has 1 heterocycles. The van der Waals surface area contributed by atoms with Gasteiger partial charge in [0, 0.05) is 21.1 Å². The zero-order chi connectivity index (χ0) is 24.3. The van der Waals surface area contributed by atoms with Crippen LogP contribution in [0.1, 0.15) is 35.0 Å². The quantitative estimate of drug-likeness (QED) is 0.264. The molecular formula is C23H21F4NO3S2. The van der Waals surface area contributed by atoms with E-state index < -0.39 is 29.6 Å². The van der Waals surface area contributed by atoms with Crippen molar-refractivity contribution >= 4 is 29.1 Å². The number of hydrogen-bond acceptors (Lipinski definition) is 5. The third-order valence-corrected chi connectivity index (χ3v) is 7.26. The van der Waals surface area contributed by atoms with Crippen LogP contribution in [0.2, 0.25) is 0 Å². The summed E-state index contributed by atoms with van der Waals surface area (Å²) in [5.74, 6) is -1.26. The van der Waals surface area contributed by atoms with Gasteiger partial charge in [-0.3, -0.25) is 0 Å². The number of carboxylic acids is 1. The zero-order valence-electron chi connectivity index (χ0n) is 18.0. The van der Waals surface area contributed by atoms with Gasteiger partial charge >= 0.3 is 12.1 Å². The maximum Gasteiger partial charge on any atom is 0.419 e. The van der Waals surface area contributed by atoms with E-state index in [2.05, 4.69) is 4.98 Å². The summed E-state index contributed by atoms with van der Waals surface area (Å²) in [6.45, 7) is 5.38. The standard InChI is InChI=1S/C23H21F4NO3S2/c1-4-18(22(29)30)31-19-8-6-15(9-12(19)2)32-11-20-13(3)28-21(33-20)14-5-7-16(17(24)10-14)23(25,26)27/h5-10,18H,4,11H2,1-3H3,(H,29,30). The molecule has 1 aromatic heterocycles. The lowest BCUT2D eigenvalue weighted by molar-refractivity contribution is -0.145. The van der Waals surface area contributed by atoms with Crippen molar-refractivity contribution in [2.24, 2.45) is 0 Å². The second-order valence-corrected chi connectivity index (χ2v) is 9.42. The number of aliphatic carboxylic acids is 1. The molecule has 1 unspecified atom stereocenters. The second kappa shape index (κ2) is 10.1. The number of hydrogen-bond donors (Lipinski definition) is 1. The van der Waals surface area contributed by atoms with Crippen LogP contribution in [-0.4, -0.2) is 22.2 Å². The molecule has 3 aromatic rings. The number of nitrogens with zero attached hydrogens (tertiary/aromatic N) is 1. The average molecular weight is 500 g/mol. The molecule has 0 bridgehead atoms. The number of carboxylic acid groups (broad SMARTS) is 1. The van der Waals surface area contributed by atoms with E-state index in [1.165, 1.54) is 29.2 Å². The summed E-state index contributed by atoms with van der Waals surface area (Å²) in [6, 6.07) is 8.29. The van der Waals surface area contributed by atoms with Crippen molar-refractivity contribution in [3.63, 3.8) is 0 Å². The number of thioether (sulfide) groups is 1. The molecule has 0 saturated heterocycles. The molecule has 3 rings (SSSR count). The molecule has 0 aliphatic rings. The molecule has 4 nitrogen and oxygen atoms in total. The van der Waals surface area contributed by atoms with Crippen molar-refractivity contribution in [1.82, 2.24) is 4.98 Å². The highest BCUT2D eigenvalue weighted by atomic mass is 32.2. The van der Waals surface area contributed by atoms with Gasteiger partial charge in [0.15, 0.2) is 6.10 Å². The minimum Gasteiger partial charge on any atom is -0.479 e. The number of alkyl halides is 3. The molecule has 0 aliphatic carbocycles. The van der Waals surface area contributed by atoms with Crippen LogP contribution in [0.3, 0.4) is 0 Å². The van der Waals surface area contributed by atoms with Gasteiger partial charge in [0.25, 0.3) is 0 Å². The Labute approximate surface area is 196 Å². The molecule has 0 amide bonds. The van der Waals surface area contributed by atoms with Gasteiger partial charge in [-0.1, -0.05) is 13.0 Å². The number of ether oxygens (including phenoxy) is 1. The van der Waals surface area contributed by atoms with Gasteiger partial charge < -0.3 is 9.84 Å². The van der Waals surface area contributed by atoms with E-state index in [-0.39, 0.29) is 0 Å². The molecule has 0 saturated carbocycles. The van der Waals surface area contributed by atoms with E-state index in [4.69, 9.17) is 9.84 Å². The van der Waals surface area contributed by atoms with E-state index >= 15 is 0 Å². The van der Waals surface area contributed by atoms with Crippen LogP contribution < -0.4 is 4.74 Å². The zero-order valence-corrected chi connectivity index (χ0v) is 19.6. The van der Waals surface area contributed by atoms with E-state index in [1.54, 1.807) is 19.9 Å². The first-order chi connectivity index (χ1) is 15.5. The van der Waals surface area contributed by atoms with E-state index in [1.807, 2.05) is 19.1 Å². The highest BCUT2D eigenvalue weighted by molar-refractivity contribution is 7.98. The molecule has 10 heteroatoms. The van der Waals surface area contributed by atoms with Crippen LogP contribution in [0.15, 0.2) is 41.3 Å². The Bertz CT molecular complexity index is 1160. The molecule has 33 heavy (non-hydrogen) atoms. The van der Waals surface area contributed by atoms with Gasteiger partial charge in [-0.05, 0) is 56.2 Å². The molecule has 0 fully saturated rings. The first-order valence-corrected chi connectivity index (χ1v) is 11.8. The van der Waals surface area contributed by atoms with Crippen LogP contribution in [-0.2, 0) is 16.7 Å². The summed E-state index contributed by atoms with van der Waals surface area (Å²) in [6.07, 6.45) is -5.30. The normalized spacial score (nSPS) is 12.6. The number of thiazole rings is 1. The topological polar surface area (TPSA) is 59.4 Å². The van der Waals surface area contributed by atoms with Crippen LogP contribution >= 0.6 is 23.1 Å². The summed E-state index contributed by atoms with van der Waals surface area (Å²) < 4.78 is 57.9. The van der Waals surface area contributed by atoms with Gasteiger partial charge in [-0.2, -0.15) is 13.2 Å². The number of benzene rings is 2. The van der Waals surface area contributed by atoms with Crippen LogP contribution in [0.5, 0.6) is 5.75 Å². The fourth-order valence-corrected chi connectivity index (χ4v) is 5.22. The monoisotopic (exact) mass is 499 g/mol. The second-order valence-electron chi connectivity index (χ2n) is 7.29. The Morgan fingerprint density at radius 3 is 2.52 bits per heavy atom. The van der Waals surface area contributed by atoms with Crippen LogP contribution in [0.25, 0.3) is 10.6 Å². The molecule has 0 aliphatic heterocycles. The van der Waals surface area contributed by atoms with Gasteiger partial charge in [0.2, 0.25) is 0 Å². The van der Waals surface area contributed by atoms with Crippen molar-refractivity contribution in [1.29, 1.82) is 0 Å². The van der Waals surface area contributed by atoms with Crippen LogP contribution in [0.4, 0.5) is 17.6 Å². The van der Waals surface area contributed by atoms with Crippen molar-refractivity contribution in [3.8, 4) is 16.3 Å². The van der Waals surface area contributed by atoms with Crippen molar-refractivity contribution in [2.45, 2.75) is 50.1 Å². The van der Waals surface area contributed by atoms with E-state index in [0.717, 1.165) is 33.2 Å². The molecule has 2 aromatic carbocycles. The minimum absolute atomic E-state index is 0.297. The first kappa shape index (κ1) is 25.0. The summed E-state index contributed by atoms with van der Waals surface area (Å²) in [4.78, 5) is 17.4. The van der Waals surface area contributed by atoms with Gasteiger partial charge in [-0.15, -0.1) is 23.1 Å². The predicted octanol–water partition coefficient (Wildman–Crippen LogP) is 7.12. The van der Waals surface area contributed by atoms with Gasteiger partial charge in [-0.25, -0.2) is 14.2 Å². The Morgan fingerprint density at radius 2 is 1.94 bits per heavy atom. The van der Waals surface area contributed by atoms with Gasteiger partial charge in [0.1, 0.15) is 16.6 Å². The van der Waals surface area contributed by atoms with Crippen molar-refractivity contribution < 1.29 is 32.2 Å². The fraction of sp³-hybridized carbons (Fsp3) is 0.304.